The number of hydrogen-bond acceptors (Lipinski definition) is 4. The van der Waals surface area contributed by atoms with E-state index in [2.05, 4.69) is 53.2 Å². The Kier molecular flexibility index (Phi) is 6.23. The van der Waals surface area contributed by atoms with Crippen molar-refractivity contribution in [3.05, 3.63) is 95.3 Å². The van der Waals surface area contributed by atoms with Gasteiger partial charge in [-0.25, -0.2) is 0 Å². The Morgan fingerprint density at radius 3 is 2.66 bits per heavy atom. The number of aliphatic hydroxyl groups is 1. The predicted octanol–water partition coefficient (Wildman–Crippen LogP) is 4.55. The van der Waals surface area contributed by atoms with Crippen LogP contribution in [0.3, 0.4) is 0 Å². The smallest absolute Gasteiger partial charge is 0.123 e. The minimum absolute atomic E-state index is 0.526. The average Bonchev–Trinajstić information content (AvgIpc) is 2.99. The molecule has 0 spiro atoms. The summed E-state index contributed by atoms with van der Waals surface area (Å²) in [5.41, 5.74) is 4.20. The average molecular weight is 389 g/mol. The van der Waals surface area contributed by atoms with Crippen LogP contribution in [0.15, 0.2) is 73.1 Å². The molecule has 0 aliphatic carbocycles. The first kappa shape index (κ1) is 19.6. The highest BCUT2D eigenvalue weighted by molar-refractivity contribution is 5.40. The number of aromatic nitrogens is 1. The number of rotatable bonds is 6. The largest absolute Gasteiger partial charge is 0.492 e. The number of pyridine rings is 1. The fourth-order valence-electron chi connectivity index (χ4n) is 3.88. The Morgan fingerprint density at radius 2 is 1.86 bits per heavy atom. The lowest BCUT2D eigenvalue weighted by atomic mass is 9.97. The quantitative estimate of drug-likeness (QED) is 0.673. The Hall–Kier alpha value is -2.69. The second kappa shape index (κ2) is 9.21. The summed E-state index contributed by atoms with van der Waals surface area (Å²) in [5.74, 6) is 1.45. The van der Waals surface area contributed by atoms with Gasteiger partial charge in [0, 0.05) is 36.6 Å². The number of hydrogen-bond donors (Lipinski definition) is 1. The molecule has 1 N–H and O–H groups in total. The minimum atomic E-state index is -0.677. The van der Waals surface area contributed by atoms with Gasteiger partial charge < -0.3 is 9.84 Å². The Labute approximate surface area is 172 Å². The zero-order valence-electron chi connectivity index (χ0n) is 16.9. The number of fused-ring (bicyclic) bond motifs is 1. The van der Waals surface area contributed by atoms with Crippen LogP contribution in [0.1, 0.15) is 47.6 Å². The van der Waals surface area contributed by atoms with Crippen LogP contribution in [0.4, 0.5) is 0 Å². The molecule has 29 heavy (non-hydrogen) atoms. The van der Waals surface area contributed by atoms with Crippen LogP contribution in [0.25, 0.3) is 0 Å². The lowest BCUT2D eigenvalue weighted by molar-refractivity contribution is 0.219. The summed E-state index contributed by atoms with van der Waals surface area (Å²) in [5, 5.41) is 10.7. The summed E-state index contributed by atoms with van der Waals surface area (Å²) >= 11 is 0. The van der Waals surface area contributed by atoms with Gasteiger partial charge in [-0.2, -0.15) is 0 Å². The zero-order valence-corrected chi connectivity index (χ0v) is 16.9. The first-order valence-corrected chi connectivity index (χ1v) is 10.3. The van der Waals surface area contributed by atoms with Crippen LogP contribution < -0.4 is 4.74 Å². The van der Waals surface area contributed by atoms with Crippen molar-refractivity contribution in [1.82, 2.24) is 9.88 Å². The van der Waals surface area contributed by atoms with E-state index in [-0.39, 0.29) is 0 Å². The molecule has 4 rings (SSSR count). The molecule has 0 amide bonds. The molecule has 0 radical (unpaired) electrons. The second-order valence-corrected chi connectivity index (χ2v) is 7.78. The van der Waals surface area contributed by atoms with Crippen molar-refractivity contribution in [3.63, 3.8) is 0 Å². The van der Waals surface area contributed by atoms with E-state index < -0.39 is 6.10 Å². The predicted molar refractivity (Wildman–Crippen MR) is 115 cm³/mol. The van der Waals surface area contributed by atoms with Gasteiger partial charge in [0.15, 0.2) is 0 Å². The lowest BCUT2D eigenvalue weighted by Gasteiger charge is -2.22. The maximum absolute atomic E-state index is 10.7. The lowest BCUT2D eigenvalue weighted by Crippen LogP contribution is -2.27. The normalized spacial score (nSPS) is 16.3. The molecular formula is C25H28N2O2. The van der Waals surface area contributed by atoms with Crippen molar-refractivity contribution in [2.75, 3.05) is 19.7 Å². The van der Waals surface area contributed by atoms with E-state index in [1.165, 1.54) is 5.56 Å². The van der Waals surface area contributed by atoms with E-state index in [0.29, 0.717) is 12.5 Å². The molecule has 1 aliphatic heterocycles. The van der Waals surface area contributed by atoms with Gasteiger partial charge >= 0.3 is 0 Å². The molecule has 150 valence electrons. The molecule has 0 unspecified atom stereocenters. The van der Waals surface area contributed by atoms with Crippen molar-refractivity contribution in [3.8, 4) is 5.75 Å². The molecule has 0 fully saturated rings. The summed E-state index contributed by atoms with van der Waals surface area (Å²) < 4.78 is 5.97. The van der Waals surface area contributed by atoms with Crippen LogP contribution in [0, 0.1) is 0 Å². The SMILES string of the molecule is C[C@H](CCN1CCOc2ccc([C@H](O)c3cccnc3)cc2C1)c1ccccc1. The molecule has 2 heterocycles. The molecular weight excluding hydrogens is 360 g/mol. The van der Waals surface area contributed by atoms with Crippen LogP contribution in [-0.4, -0.2) is 34.7 Å². The molecule has 4 nitrogen and oxygen atoms in total. The van der Waals surface area contributed by atoms with E-state index in [0.717, 1.165) is 48.5 Å². The first-order chi connectivity index (χ1) is 14.2. The van der Waals surface area contributed by atoms with Gasteiger partial charge in [0.05, 0.1) is 0 Å². The Bertz CT molecular complexity index is 915. The first-order valence-electron chi connectivity index (χ1n) is 10.3. The third-order valence-electron chi connectivity index (χ3n) is 5.71. The van der Waals surface area contributed by atoms with Gasteiger partial charge in [-0.05, 0) is 48.2 Å². The molecule has 3 aromatic rings. The van der Waals surface area contributed by atoms with E-state index in [1.54, 1.807) is 12.4 Å². The van der Waals surface area contributed by atoms with Gasteiger partial charge in [0.25, 0.3) is 0 Å². The molecule has 0 saturated heterocycles. The van der Waals surface area contributed by atoms with Crippen molar-refractivity contribution >= 4 is 0 Å². The molecule has 0 saturated carbocycles. The van der Waals surface area contributed by atoms with Gasteiger partial charge in [-0.3, -0.25) is 9.88 Å². The maximum Gasteiger partial charge on any atom is 0.123 e. The summed E-state index contributed by atoms with van der Waals surface area (Å²) in [7, 11) is 0. The van der Waals surface area contributed by atoms with E-state index in [9.17, 15) is 5.11 Å². The number of ether oxygens (including phenoxy) is 1. The van der Waals surface area contributed by atoms with Crippen LogP contribution in [0.5, 0.6) is 5.75 Å². The summed E-state index contributed by atoms with van der Waals surface area (Å²) in [4.78, 5) is 6.57. The monoisotopic (exact) mass is 388 g/mol. The van der Waals surface area contributed by atoms with Gasteiger partial charge in [0.2, 0.25) is 0 Å². The van der Waals surface area contributed by atoms with E-state index in [4.69, 9.17) is 4.74 Å². The van der Waals surface area contributed by atoms with Crippen molar-refractivity contribution < 1.29 is 9.84 Å². The van der Waals surface area contributed by atoms with Gasteiger partial charge in [-0.15, -0.1) is 0 Å². The summed E-state index contributed by atoms with van der Waals surface area (Å²) in [6, 6.07) is 20.5. The Morgan fingerprint density at radius 1 is 1.03 bits per heavy atom. The molecule has 2 aromatic carbocycles. The Balaban J connectivity index is 1.45. The summed E-state index contributed by atoms with van der Waals surface area (Å²) in [6.07, 6.45) is 3.86. The standard InChI is InChI=1S/C25H28N2O2/c1-19(20-6-3-2-4-7-20)11-13-27-14-15-29-24-10-9-21(16-23(24)18-27)25(28)22-8-5-12-26-17-22/h2-10,12,16-17,19,25,28H,11,13-15,18H2,1H3/t19-,25+/m1/s1. The van der Waals surface area contributed by atoms with Crippen molar-refractivity contribution in [1.29, 1.82) is 0 Å². The van der Waals surface area contributed by atoms with E-state index in [1.807, 2.05) is 24.3 Å². The molecule has 0 bridgehead atoms. The number of nitrogens with zero attached hydrogens (tertiary/aromatic N) is 2. The molecule has 1 aliphatic rings. The third kappa shape index (κ3) is 4.84. The maximum atomic E-state index is 10.7. The van der Waals surface area contributed by atoms with Crippen molar-refractivity contribution in [2.24, 2.45) is 0 Å². The van der Waals surface area contributed by atoms with Crippen LogP contribution in [0.2, 0.25) is 0 Å². The number of benzene rings is 2. The molecule has 2 atom stereocenters. The summed E-state index contributed by atoms with van der Waals surface area (Å²) in [6.45, 7) is 5.76. The second-order valence-electron chi connectivity index (χ2n) is 7.78. The molecule has 4 heteroatoms. The third-order valence-corrected chi connectivity index (χ3v) is 5.71. The number of aliphatic hydroxyl groups excluding tert-OH is 1. The van der Waals surface area contributed by atoms with Gasteiger partial charge in [0.1, 0.15) is 18.5 Å². The van der Waals surface area contributed by atoms with Gasteiger partial charge in [-0.1, -0.05) is 49.4 Å². The topological polar surface area (TPSA) is 45.6 Å². The molecule has 1 aromatic heterocycles. The van der Waals surface area contributed by atoms with E-state index >= 15 is 0 Å². The zero-order chi connectivity index (χ0) is 20.1. The van der Waals surface area contributed by atoms with Crippen molar-refractivity contribution in [2.45, 2.75) is 31.9 Å². The fourth-order valence-corrected chi connectivity index (χ4v) is 3.88. The highest BCUT2D eigenvalue weighted by atomic mass is 16.5. The van der Waals surface area contributed by atoms with Crippen LogP contribution >= 0.6 is 0 Å². The van der Waals surface area contributed by atoms with Crippen LogP contribution in [-0.2, 0) is 6.54 Å². The highest BCUT2D eigenvalue weighted by Gasteiger charge is 2.19. The minimum Gasteiger partial charge on any atom is -0.492 e. The highest BCUT2D eigenvalue weighted by Crippen LogP contribution is 2.30. The fraction of sp³-hybridized carbons (Fsp3) is 0.320.